The molecule has 0 unspecified atom stereocenters. The number of rotatable bonds is 6. The second-order valence-corrected chi connectivity index (χ2v) is 6.72. The lowest BCUT2D eigenvalue weighted by Crippen LogP contribution is -2.31. The van der Waals surface area contributed by atoms with Gasteiger partial charge >= 0.3 is 0 Å². The number of sulfonamides is 1. The van der Waals surface area contributed by atoms with Gasteiger partial charge in [-0.1, -0.05) is 18.3 Å². The molecule has 1 rings (SSSR count). The zero-order valence-electron chi connectivity index (χ0n) is 11.3. The summed E-state index contributed by atoms with van der Waals surface area (Å²) in [4.78, 5) is 2.42. The van der Waals surface area contributed by atoms with Gasteiger partial charge in [-0.05, 0) is 38.7 Å². The van der Waals surface area contributed by atoms with Crippen LogP contribution in [0, 0.1) is 6.92 Å². The first kappa shape index (κ1) is 16.0. The highest BCUT2D eigenvalue weighted by Crippen LogP contribution is 2.16. The van der Waals surface area contributed by atoms with Crippen molar-refractivity contribution in [2.24, 2.45) is 5.73 Å². The number of nitrogens with zero attached hydrogens (tertiary/aromatic N) is 1. The van der Waals surface area contributed by atoms with E-state index < -0.39 is 10.0 Å². The highest BCUT2D eigenvalue weighted by Gasteiger charge is 2.16. The van der Waals surface area contributed by atoms with Crippen molar-refractivity contribution in [3.8, 4) is 0 Å². The molecule has 0 atom stereocenters. The van der Waals surface area contributed by atoms with Crippen LogP contribution < -0.4 is 10.5 Å². The van der Waals surface area contributed by atoms with Crippen LogP contribution in [0.5, 0.6) is 0 Å². The molecule has 19 heavy (non-hydrogen) atoms. The Morgan fingerprint density at radius 3 is 2.53 bits per heavy atom. The molecule has 0 aliphatic carbocycles. The van der Waals surface area contributed by atoms with Crippen LogP contribution in [0.1, 0.15) is 11.1 Å². The second-order valence-electron chi connectivity index (χ2n) is 4.55. The Morgan fingerprint density at radius 2 is 2.05 bits per heavy atom. The van der Waals surface area contributed by atoms with E-state index in [-0.39, 0.29) is 9.88 Å². The maximum atomic E-state index is 12.1. The van der Waals surface area contributed by atoms with Crippen molar-refractivity contribution in [3.63, 3.8) is 0 Å². The molecule has 0 aromatic heterocycles. The molecular formula is C12H19N3O2S2. The standard InChI is InChI=1S/C12H19N3O2S2/c1-9-8-10(12(13)18)4-5-11(9)19(16,17)14-6-7-15(2)3/h4-5,8,14H,6-7H2,1-3H3,(H2,13,18). The Labute approximate surface area is 119 Å². The van der Waals surface area contributed by atoms with E-state index in [1.54, 1.807) is 19.1 Å². The van der Waals surface area contributed by atoms with Crippen LogP contribution in [0.2, 0.25) is 0 Å². The normalized spacial score (nSPS) is 11.8. The van der Waals surface area contributed by atoms with Crippen molar-refractivity contribution < 1.29 is 8.42 Å². The molecule has 106 valence electrons. The highest BCUT2D eigenvalue weighted by molar-refractivity contribution is 7.89. The quantitative estimate of drug-likeness (QED) is 0.747. The van der Waals surface area contributed by atoms with Gasteiger partial charge in [0.25, 0.3) is 0 Å². The predicted molar refractivity (Wildman–Crippen MR) is 80.8 cm³/mol. The van der Waals surface area contributed by atoms with Crippen molar-refractivity contribution in [1.82, 2.24) is 9.62 Å². The van der Waals surface area contributed by atoms with Gasteiger partial charge in [-0.3, -0.25) is 0 Å². The molecule has 0 aliphatic rings. The van der Waals surface area contributed by atoms with Crippen LogP contribution in [-0.4, -0.2) is 45.5 Å². The van der Waals surface area contributed by atoms with E-state index in [9.17, 15) is 8.42 Å². The van der Waals surface area contributed by atoms with Gasteiger partial charge in [0.2, 0.25) is 10.0 Å². The van der Waals surface area contributed by atoms with Gasteiger partial charge < -0.3 is 10.6 Å². The second kappa shape index (κ2) is 6.42. The summed E-state index contributed by atoms with van der Waals surface area (Å²) in [5, 5.41) is 0. The lowest BCUT2D eigenvalue weighted by atomic mass is 10.1. The maximum absolute atomic E-state index is 12.1. The van der Waals surface area contributed by atoms with Crippen molar-refractivity contribution >= 4 is 27.2 Å². The van der Waals surface area contributed by atoms with E-state index in [0.29, 0.717) is 24.2 Å². The van der Waals surface area contributed by atoms with Crippen LogP contribution in [0.4, 0.5) is 0 Å². The summed E-state index contributed by atoms with van der Waals surface area (Å²) >= 11 is 4.86. The molecule has 7 heteroatoms. The van der Waals surface area contributed by atoms with Crippen molar-refractivity contribution in [1.29, 1.82) is 0 Å². The Kier molecular flexibility index (Phi) is 5.42. The summed E-state index contributed by atoms with van der Waals surface area (Å²) < 4.78 is 26.8. The summed E-state index contributed by atoms with van der Waals surface area (Å²) in [5.74, 6) is 0. The number of nitrogens with one attached hydrogen (secondary N) is 1. The fraction of sp³-hybridized carbons (Fsp3) is 0.417. The van der Waals surface area contributed by atoms with E-state index in [2.05, 4.69) is 4.72 Å². The Bertz CT molecular complexity index is 568. The number of nitrogens with two attached hydrogens (primary N) is 1. The number of thiocarbonyl (C=S) groups is 1. The number of hydrogen-bond donors (Lipinski definition) is 2. The van der Waals surface area contributed by atoms with E-state index in [0.717, 1.165) is 0 Å². The molecule has 1 aromatic carbocycles. The average Bonchev–Trinajstić information content (AvgIpc) is 2.27. The third kappa shape index (κ3) is 4.54. The Hall–Kier alpha value is -1.02. The number of aryl methyl sites for hydroxylation is 1. The third-order valence-electron chi connectivity index (χ3n) is 2.60. The molecule has 0 saturated carbocycles. The van der Waals surface area contributed by atoms with Gasteiger partial charge in [0.15, 0.2) is 0 Å². The molecule has 5 nitrogen and oxygen atoms in total. The van der Waals surface area contributed by atoms with Crippen molar-refractivity contribution in [3.05, 3.63) is 29.3 Å². The zero-order valence-corrected chi connectivity index (χ0v) is 12.9. The molecule has 0 spiro atoms. The lowest BCUT2D eigenvalue weighted by Gasteiger charge is -2.13. The van der Waals surface area contributed by atoms with Gasteiger partial charge in [0.1, 0.15) is 4.99 Å². The summed E-state index contributed by atoms with van der Waals surface area (Å²) in [5.41, 5.74) is 6.81. The molecular weight excluding hydrogens is 282 g/mol. The SMILES string of the molecule is Cc1cc(C(N)=S)ccc1S(=O)(=O)NCCN(C)C. The van der Waals surface area contributed by atoms with Crippen LogP contribution in [0.15, 0.2) is 23.1 Å². The van der Waals surface area contributed by atoms with Crippen LogP contribution >= 0.6 is 12.2 Å². The number of benzene rings is 1. The minimum absolute atomic E-state index is 0.256. The zero-order chi connectivity index (χ0) is 14.6. The molecule has 0 aliphatic heterocycles. The van der Waals surface area contributed by atoms with Gasteiger partial charge in [-0.25, -0.2) is 13.1 Å². The van der Waals surface area contributed by atoms with Crippen LogP contribution in [0.25, 0.3) is 0 Å². The minimum Gasteiger partial charge on any atom is -0.389 e. The van der Waals surface area contributed by atoms with Crippen molar-refractivity contribution in [2.45, 2.75) is 11.8 Å². The van der Waals surface area contributed by atoms with Gasteiger partial charge in [-0.15, -0.1) is 0 Å². The molecule has 0 radical (unpaired) electrons. The fourth-order valence-corrected chi connectivity index (χ4v) is 2.96. The summed E-state index contributed by atoms with van der Waals surface area (Å²) in [7, 11) is 0.281. The molecule has 3 N–H and O–H groups in total. The first-order valence-electron chi connectivity index (χ1n) is 5.79. The highest BCUT2D eigenvalue weighted by atomic mass is 32.2. The van der Waals surface area contributed by atoms with Gasteiger partial charge in [0.05, 0.1) is 4.90 Å². The predicted octanol–water partition coefficient (Wildman–Crippen LogP) is 0.469. The smallest absolute Gasteiger partial charge is 0.240 e. The molecule has 0 amide bonds. The molecule has 0 heterocycles. The van der Waals surface area contributed by atoms with E-state index in [1.807, 2.05) is 19.0 Å². The molecule has 0 bridgehead atoms. The number of likely N-dealkylation sites (N-methyl/N-ethyl adjacent to an activating group) is 1. The molecule has 0 fully saturated rings. The fourth-order valence-electron chi connectivity index (χ4n) is 1.59. The Balaban J connectivity index is 2.93. The van der Waals surface area contributed by atoms with Crippen LogP contribution in [0.3, 0.4) is 0 Å². The third-order valence-corrected chi connectivity index (χ3v) is 4.46. The first-order valence-corrected chi connectivity index (χ1v) is 7.68. The summed E-state index contributed by atoms with van der Waals surface area (Å²) in [6.07, 6.45) is 0. The molecule has 0 saturated heterocycles. The topological polar surface area (TPSA) is 75.4 Å². The van der Waals surface area contributed by atoms with Gasteiger partial charge in [0, 0.05) is 18.7 Å². The van der Waals surface area contributed by atoms with Crippen molar-refractivity contribution in [2.75, 3.05) is 27.2 Å². The summed E-state index contributed by atoms with van der Waals surface area (Å²) in [6, 6.07) is 4.83. The largest absolute Gasteiger partial charge is 0.389 e. The number of hydrogen-bond acceptors (Lipinski definition) is 4. The average molecular weight is 301 g/mol. The lowest BCUT2D eigenvalue weighted by molar-refractivity contribution is 0.412. The van der Waals surface area contributed by atoms with E-state index in [1.165, 1.54) is 6.07 Å². The van der Waals surface area contributed by atoms with Gasteiger partial charge in [-0.2, -0.15) is 0 Å². The summed E-state index contributed by atoms with van der Waals surface area (Å²) in [6.45, 7) is 2.73. The van der Waals surface area contributed by atoms with E-state index >= 15 is 0 Å². The maximum Gasteiger partial charge on any atom is 0.240 e. The van der Waals surface area contributed by atoms with E-state index in [4.69, 9.17) is 18.0 Å². The first-order chi connectivity index (χ1) is 8.74. The molecule has 1 aromatic rings. The minimum atomic E-state index is -3.49. The monoisotopic (exact) mass is 301 g/mol. The van der Waals surface area contributed by atoms with Crippen LogP contribution in [-0.2, 0) is 10.0 Å². The Morgan fingerprint density at radius 1 is 1.42 bits per heavy atom.